The van der Waals surface area contributed by atoms with E-state index in [4.69, 9.17) is 5.14 Å². The molecule has 0 saturated heterocycles. The van der Waals surface area contributed by atoms with E-state index in [0.29, 0.717) is 17.1 Å². The fourth-order valence-electron chi connectivity index (χ4n) is 2.22. The summed E-state index contributed by atoms with van der Waals surface area (Å²) in [5.41, 5.74) is 1.22. The summed E-state index contributed by atoms with van der Waals surface area (Å²) in [6.45, 7) is 0. The van der Waals surface area contributed by atoms with E-state index in [2.05, 4.69) is 10.3 Å². The average molecular weight is 391 g/mol. The van der Waals surface area contributed by atoms with Crippen molar-refractivity contribution < 1.29 is 17.6 Å². The number of carbonyl (C=O) groups excluding carboxylic acids is 1. The van der Waals surface area contributed by atoms with Gasteiger partial charge in [0.15, 0.2) is 5.13 Å². The predicted octanol–water partition coefficient (Wildman–Crippen LogP) is 2.77. The summed E-state index contributed by atoms with van der Waals surface area (Å²) >= 11 is 1.30. The van der Waals surface area contributed by atoms with Gasteiger partial charge in [0.1, 0.15) is 5.82 Å². The normalized spacial score (nSPS) is 11.3. The molecule has 0 radical (unpaired) electrons. The second-order valence-corrected chi connectivity index (χ2v) is 8.14. The molecule has 26 heavy (non-hydrogen) atoms. The lowest BCUT2D eigenvalue weighted by Crippen LogP contribution is -2.11. The predicted molar refractivity (Wildman–Crippen MR) is 97.1 cm³/mol. The van der Waals surface area contributed by atoms with Gasteiger partial charge in [0.05, 0.1) is 4.90 Å². The fraction of sp³-hybridized carbons (Fsp3) is 0.0588. The molecule has 1 aromatic heterocycles. The van der Waals surface area contributed by atoms with Crippen LogP contribution in [0.25, 0.3) is 0 Å². The Balaban J connectivity index is 1.66. The fourth-order valence-corrected chi connectivity index (χ4v) is 3.57. The number of nitrogens with zero attached hydrogens (tertiary/aromatic N) is 1. The number of hydrogen-bond donors (Lipinski definition) is 2. The molecular weight excluding hydrogens is 377 g/mol. The number of anilines is 1. The van der Waals surface area contributed by atoms with Crippen LogP contribution >= 0.6 is 11.3 Å². The molecule has 0 unspecified atom stereocenters. The zero-order valence-electron chi connectivity index (χ0n) is 13.3. The van der Waals surface area contributed by atoms with Gasteiger partial charge in [-0.15, -0.1) is 11.3 Å². The summed E-state index contributed by atoms with van der Waals surface area (Å²) in [7, 11) is -3.71. The molecular formula is C17H14FN3O3S2. The molecule has 0 aliphatic carbocycles. The lowest BCUT2D eigenvalue weighted by molar-refractivity contribution is 0.102. The third-order valence-corrected chi connectivity index (χ3v) is 5.35. The van der Waals surface area contributed by atoms with Crippen molar-refractivity contribution in [1.29, 1.82) is 0 Å². The third-order valence-electron chi connectivity index (χ3n) is 3.51. The monoisotopic (exact) mass is 391 g/mol. The molecule has 3 rings (SSSR count). The number of aromatic nitrogens is 1. The number of amides is 1. The molecule has 134 valence electrons. The van der Waals surface area contributed by atoms with Crippen LogP contribution in [0, 0.1) is 5.82 Å². The Morgan fingerprint density at radius 1 is 1.12 bits per heavy atom. The molecule has 6 nitrogen and oxygen atoms in total. The molecule has 0 atom stereocenters. The van der Waals surface area contributed by atoms with E-state index in [0.717, 1.165) is 10.4 Å². The van der Waals surface area contributed by atoms with Crippen LogP contribution in [0.3, 0.4) is 0 Å². The van der Waals surface area contributed by atoms with Gasteiger partial charge >= 0.3 is 0 Å². The minimum atomic E-state index is -3.71. The number of rotatable bonds is 5. The zero-order valence-corrected chi connectivity index (χ0v) is 15.0. The van der Waals surface area contributed by atoms with Gasteiger partial charge in [0.25, 0.3) is 5.91 Å². The summed E-state index contributed by atoms with van der Waals surface area (Å²) in [6, 6.07) is 11.5. The van der Waals surface area contributed by atoms with Crippen LogP contribution in [-0.2, 0) is 16.4 Å². The highest BCUT2D eigenvalue weighted by Crippen LogP contribution is 2.22. The Labute approximate surface area is 153 Å². The number of benzene rings is 2. The van der Waals surface area contributed by atoms with Gasteiger partial charge < -0.3 is 0 Å². The molecule has 0 fully saturated rings. The first-order valence-corrected chi connectivity index (χ1v) is 9.81. The maximum atomic E-state index is 12.9. The molecule has 0 bridgehead atoms. The lowest BCUT2D eigenvalue weighted by Gasteiger charge is -2.02. The Morgan fingerprint density at radius 3 is 2.38 bits per heavy atom. The van der Waals surface area contributed by atoms with E-state index in [1.807, 2.05) is 0 Å². The summed E-state index contributed by atoms with van der Waals surface area (Å²) in [5.74, 6) is -0.782. The highest BCUT2D eigenvalue weighted by atomic mass is 32.2. The van der Waals surface area contributed by atoms with Crippen LogP contribution in [0.1, 0.15) is 20.8 Å². The summed E-state index contributed by atoms with van der Waals surface area (Å²) in [5, 5.41) is 8.16. The maximum Gasteiger partial charge on any atom is 0.257 e. The van der Waals surface area contributed by atoms with Crippen molar-refractivity contribution in [3.05, 3.63) is 76.5 Å². The van der Waals surface area contributed by atoms with Crippen molar-refractivity contribution in [3.8, 4) is 0 Å². The molecule has 3 N–H and O–H groups in total. The van der Waals surface area contributed by atoms with E-state index >= 15 is 0 Å². The SMILES string of the molecule is NS(=O)(=O)c1ccc(Cc2cnc(NC(=O)c3ccc(F)cc3)s2)cc1. The quantitative estimate of drug-likeness (QED) is 0.698. The number of primary sulfonamides is 1. The van der Waals surface area contributed by atoms with Crippen LogP contribution < -0.4 is 10.5 Å². The van der Waals surface area contributed by atoms with Crippen LogP contribution in [-0.4, -0.2) is 19.3 Å². The topological polar surface area (TPSA) is 102 Å². The molecule has 0 saturated carbocycles. The van der Waals surface area contributed by atoms with E-state index in [1.54, 1.807) is 18.3 Å². The van der Waals surface area contributed by atoms with E-state index in [9.17, 15) is 17.6 Å². The number of nitrogens with two attached hydrogens (primary N) is 1. The summed E-state index contributed by atoms with van der Waals surface area (Å²) in [6.07, 6.45) is 2.17. The van der Waals surface area contributed by atoms with Crippen LogP contribution in [0.2, 0.25) is 0 Å². The van der Waals surface area contributed by atoms with Gasteiger partial charge in [0, 0.05) is 23.1 Å². The van der Waals surface area contributed by atoms with Gasteiger partial charge in [0.2, 0.25) is 10.0 Å². The molecule has 0 spiro atoms. The molecule has 1 amide bonds. The number of carbonyl (C=O) groups is 1. The van der Waals surface area contributed by atoms with Crippen molar-refractivity contribution in [2.24, 2.45) is 5.14 Å². The molecule has 1 heterocycles. The second-order valence-electron chi connectivity index (χ2n) is 5.46. The smallest absolute Gasteiger partial charge is 0.257 e. The molecule has 9 heteroatoms. The number of thiazole rings is 1. The number of halogens is 1. The van der Waals surface area contributed by atoms with Crippen LogP contribution in [0.15, 0.2) is 59.6 Å². The van der Waals surface area contributed by atoms with Crippen molar-refractivity contribution in [2.75, 3.05) is 5.32 Å². The molecule has 2 aromatic carbocycles. The van der Waals surface area contributed by atoms with Gasteiger partial charge in [-0.2, -0.15) is 0 Å². The molecule has 0 aliphatic rings. The Kier molecular flexibility index (Phi) is 5.12. The highest BCUT2D eigenvalue weighted by Gasteiger charge is 2.11. The van der Waals surface area contributed by atoms with Crippen molar-refractivity contribution in [2.45, 2.75) is 11.3 Å². The minimum Gasteiger partial charge on any atom is -0.298 e. The second kappa shape index (κ2) is 7.32. The number of nitrogens with one attached hydrogen (secondary N) is 1. The Bertz CT molecular complexity index is 1030. The highest BCUT2D eigenvalue weighted by molar-refractivity contribution is 7.89. The number of hydrogen-bond acceptors (Lipinski definition) is 5. The van der Waals surface area contributed by atoms with E-state index in [-0.39, 0.29) is 10.8 Å². The van der Waals surface area contributed by atoms with Gasteiger partial charge in [-0.05, 0) is 42.0 Å². The zero-order chi connectivity index (χ0) is 18.7. The molecule has 0 aliphatic heterocycles. The lowest BCUT2D eigenvalue weighted by atomic mass is 10.1. The van der Waals surface area contributed by atoms with Crippen LogP contribution in [0.5, 0.6) is 0 Å². The average Bonchev–Trinajstić information content (AvgIpc) is 3.02. The van der Waals surface area contributed by atoms with E-state index in [1.165, 1.54) is 47.7 Å². The first-order chi connectivity index (χ1) is 12.3. The minimum absolute atomic E-state index is 0.0535. The third kappa shape index (κ3) is 4.51. The standard InChI is InChI=1S/C17H14FN3O3S2/c18-13-5-3-12(4-6-13)16(22)21-17-20-10-14(25-17)9-11-1-7-15(8-2-11)26(19,23)24/h1-8,10H,9H2,(H2,19,23,24)(H,20,21,22). The first-order valence-electron chi connectivity index (χ1n) is 7.44. The van der Waals surface area contributed by atoms with E-state index < -0.39 is 15.8 Å². The summed E-state index contributed by atoms with van der Waals surface area (Å²) < 4.78 is 35.4. The Morgan fingerprint density at radius 2 is 1.77 bits per heavy atom. The van der Waals surface area contributed by atoms with Crippen molar-refractivity contribution in [1.82, 2.24) is 4.98 Å². The first kappa shape index (κ1) is 18.2. The van der Waals surface area contributed by atoms with Crippen molar-refractivity contribution in [3.63, 3.8) is 0 Å². The summed E-state index contributed by atoms with van der Waals surface area (Å²) in [4.78, 5) is 17.2. The Hall–Kier alpha value is -2.62. The number of sulfonamides is 1. The maximum absolute atomic E-state index is 12.9. The molecule has 3 aromatic rings. The van der Waals surface area contributed by atoms with Crippen LogP contribution in [0.4, 0.5) is 9.52 Å². The van der Waals surface area contributed by atoms with Crippen molar-refractivity contribution >= 4 is 32.4 Å². The van der Waals surface area contributed by atoms with Gasteiger partial charge in [-0.3, -0.25) is 10.1 Å². The van der Waals surface area contributed by atoms with Gasteiger partial charge in [-0.1, -0.05) is 12.1 Å². The van der Waals surface area contributed by atoms with Gasteiger partial charge in [-0.25, -0.2) is 22.9 Å². The largest absolute Gasteiger partial charge is 0.298 e.